The van der Waals surface area contributed by atoms with Crippen LogP contribution in [0.15, 0.2) is 104 Å². The number of carbonyl (C=O) groups is 2. The molecule has 0 saturated carbocycles. The molecule has 0 radical (unpaired) electrons. The number of aromatic nitrogens is 3. The molecule has 0 spiro atoms. The molecule has 8 heteroatoms. The molecule has 36 heavy (non-hydrogen) atoms. The van der Waals surface area contributed by atoms with Crippen molar-refractivity contribution in [2.75, 3.05) is 0 Å². The van der Waals surface area contributed by atoms with Crippen molar-refractivity contribution in [3.8, 4) is 22.7 Å². The number of carbonyl (C=O) groups excluding carboxylic acids is 2. The number of ether oxygens (including phenoxy) is 1. The van der Waals surface area contributed by atoms with Crippen molar-refractivity contribution in [3.63, 3.8) is 0 Å². The van der Waals surface area contributed by atoms with Gasteiger partial charge in [0.25, 0.3) is 11.8 Å². The normalized spacial score (nSPS) is 11.6. The SMILES string of the molecule is CC(Oc1ccc2ccccc2c1)C(=O)NNC(=O)c1cn(-c2ccccc2)nc1-c1cccnc1. The summed E-state index contributed by atoms with van der Waals surface area (Å²) in [7, 11) is 0. The molecule has 0 saturated heterocycles. The molecule has 1 unspecified atom stereocenters. The molecule has 178 valence electrons. The number of nitrogens with one attached hydrogen (secondary N) is 2. The topological polar surface area (TPSA) is 98.1 Å². The fraction of sp³-hybridized carbons (Fsp3) is 0.0714. The highest BCUT2D eigenvalue weighted by molar-refractivity contribution is 6.00. The van der Waals surface area contributed by atoms with Gasteiger partial charge in [-0.25, -0.2) is 4.68 Å². The fourth-order valence-corrected chi connectivity index (χ4v) is 3.75. The molecule has 0 aliphatic rings. The van der Waals surface area contributed by atoms with E-state index >= 15 is 0 Å². The van der Waals surface area contributed by atoms with Crippen molar-refractivity contribution in [2.24, 2.45) is 0 Å². The van der Waals surface area contributed by atoms with Gasteiger partial charge in [-0.05, 0) is 54.1 Å². The van der Waals surface area contributed by atoms with E-state index in [2.05, 4.69) is 20.9 Å². The summed E-state index contributed by atoms with van der Waals surface area (Å²) in [5.74, 6) is -0.442. The average Bonchev–Trinajstić information content (AvgIpc) is 3.38. The van der Waals surface area contributed by atoms with Crippen LogP contribution in [0, 0.1) is 0 Å². The zero-order valence-corrected chi connectivity index (χ0v) is 19.5. The number of pyridine rings is 1. The van der Waals surface area contributed by atoms with Gasteiger partial charge in [-0.3, -0.25) is 25.4 Å². The van der Waals surface area contributed by atoms with Crippen LogP contribution in [-0.4, -0.2) is 32.7 Å². The Labute approximate surface area is 207 Å². The van der Waals surface area contributed by atoms with Crippen LogP contribution in [0.3, 0.4) is 0 Å². The van der Waals surface area contributed by atoms with Crippen LogP contribution in [0.4, 0.5) is 0 Å². The zero-order chi connectivity index (χ0) is 24.9. The molecule has 2 heterocycles. The van der Waals surface area contributed by atoms with Crippen molar-refractivity contribution >= 4 is 22.6 Å². The maximum atomic E-state index is 13.1. The van der Waals surface area contributed by atoms with Crippen LogP contribution in [0.5, 0.6) is 5.75 Å². The van der Waals surface area contributed by atoms with E-state index in [0.717, 1.165) is 16.5 Å². The number of rotatable bonds is 6. The molecular weight excluding hydrogens is 454 g/mol. The molecule has 5 aromatic rings. The lowest BCUT2D eigenvalue weighted by Crippen LogP contribution is -2.47. The molecule has 8 nitrogen and oxygen atoms in total. The average molecular weight is 478 g/mol. The van der Waals surface area contributed by atoms with Crippen molar-refractivity contribution in [3.05, 3.63) is 109 Å². The fourth-order valence-electron chi connectivity index (χ4n) is 3.75. The van der Waals surface area contributed by atoms with E-state index in [9.17, 15) is 9.59 Å². The highest BCUT2D eigenvalue weighted by atomic mass is 16.5. The maximum absolute atomic E-state index is 13.1. The summed E-state index contributed by atoms with van der Waals surface area (Å²) in [6.45, 7) is 1.62. The third kappa shape index (κ3) is 4.92. The highest BCUT2D eigenvalue weighted by Crippen LogP contribution is 2.23. The summed E-state index contributed by atoms with van der Waals surface area (Å²) < 4.78 is 7.40. The molecule has 0 aliphatic carbocycles. The first-order chi connectivity index (χ1) is 17.6. The quantitative estimate of drug-likeness (QED) is 0.355. The van der Waals surface area contributed by atoms with Crippen LogP contribution < -0.4 is 15.6 Å². The van der Waals surface area contributed by atoms with Gasteiger partial charge in [-0.15, -0.1) is 0 Å². The summed E-state index contributed by atoms with van der Waals surface area (Å²) in [4.78, 5) is 29.9. The van der Waals surface area contributed by atoms with E-state index in [1.54, 1.807) is 36.3 Å². The van der Waals surface area contributed by atoms with E-state index in [4.69, 9.17) is 4.74 Å². The summed E-state index contributed by atoms with van der Waals surface area (Å²) in [5, 5.41) is 6.68. The van der Waals surface area contributed by atoms with Gasteiger partial charge in [0.15, 0.2) is 6.10 Å². The molecule has 1 atom stereocenters. The molecule has 5 rings (SSSR count). The standard InChI is InChI=1S/C28H23N5O3/c1-19(36-24-14-13-20-8-5-6-9-21(20)16-24)27(34)30-31-28(35)25-18-33(23-11-3-2-4-12-23)32-26(25)22-10-7-15-29-17-22/h2-19H,1H3,(H,30,34)(H,31,35). The first-order valence-corrected chi connectivity index (χ1v) is 11.4. The van der Waals surface area contributed by atoms with Gasteiger partial charge >= 0.3 is 0 Å². The predicted octanol–water partition coefficient (Wildman–Crippen LogP) is 4.32. The van der Waals surface area contributed by atoms with Crippen LogP contribution in [0.2, 0.25) is 0 Å². The Bertz CT molecular complexity index is 1520. The van der Waals surface area contributed by atoms with E-state index < -0.39 is 17.9 Å². The number of fused-ring (bicyclic) bond motifs is 1. The number of hydrogen-bond donors (Lipinski definition) is 2. The molecule has 0 bridgehead atoms. The van der Waals surface area contributed by atoms with Gasteiger partial charge < -0.3 is 4.74 Å². The van der Waals surface area contributed by atoms with Gasteiger partial charge in [-0.2, -0.15) is 5.10 Å². The third-order valence-electron chi connectivity index (χ3n) is 5.62. The summed E-state index contributed by atoms with van der Waals surface area (Å²) in [6, 6.07) is 26.5. The second kappa shape index (κ2) is 10.1. The Kier molecular flexibility index (Phi) is 6.40. The summed E-state index contributed by atoms with van der Waals surface area (Å²) in [5.41, 5.74) is 7.13. The predicted molar refractivity (Wildman–Crippen MR) is 136 cm³/mol. The lowest BCUT2D eigenvalue weighted by molar-refractivity contribution is -0.128. The molecule has 3 aromatic carbocycles. The zero-order valence-electron chi connectivity index (χ0n) is 19.5. The Morgan fingerprint density at radius 3 is 2.44 bits per heavy atom. The minimum atomic E-state index is -0.837. The van der Waals surface area contributed by atoms with Crippen LogP contribution in [-0.2, 0) is 4.79 Å². The van der Waals surface area contributed by atoms with Crippen LogP contribution >= 0.6 is 0 Å². The minimum Gasteiger partial charge on any atom is -0.481 e. The van der Waals surface area contributed by atoms with Crippen molar-refractivity contribution in [2.45, 2.75) is 13.0 Å². The number of hydrogen-bond acceptors (Lipinski definition) is 5. The molecule has 2 N–H and O–H groups in total. The number of benzene rings is 3. The van der Waals surface area contributed by atoms with E-state index in [-0.39, 0.29) is 5.56 Å². The summed E-state index contributed by atoms with van der Waals surface area (Å²) >= 11 is 0. The second-order valence-corrected chi connectivity index (χ2v) is 8.13. The van der Waals surface area contributed by atoms with E-state index in [1.165, 1.54) is 0 Å². The second-order valence-electron chi connectivity index (χ2n) is 8.13. The van der Waals surface area contributed by atoms with Crippen molar-refractivity contribution in [1.82, 2.24) is 25.6 Å². The number of hydrazine groups is 1. The maximum Gasteiger partial charge on any atom is 0.279 e. The Hall–Kier alpha value is -4.98. The molecular formula is C28H23N5O3. The molecule has 2 aromatic heterocycles. The van der Waals surface area contributed by atoms with Gasteiger partial charge in [0.1, 0.15) is 11.4 Å². The lowest BCUT2D eigenvalue weighted by Gasteiger charge is -2.15. The van der Waals surface area contributed by atoms with Crippen LogP contribution in [0.1, 0.15) is 17.3 Å². The molecule has 0 aliphatic heterocycles. The van der Waals surface area contributed by atoms with Crippen LogP contribution in [0.25, 0.3) is 27.7 Å². The van der Waals surface area contributed by atoms with Gasteiger partial charge in [0.05, 0.1) is 11.3 Å². The molecule has 0 fully saturated rings. The van der Waals surface area contributed by atoms with E-state index in [0.29, 0.717) is 17.0 Å². The Morgan fingerprint density at radius 1 is 0.889 bits per heavy atom. The van der Waals surface area contributed by atoms with Gasteiger partial charge in [-0.1, -0.05) is 48.5 Å². The van der Waals surface area contributed by atoms with Crippen molar-refractivity contribution < 1.29 is 14.3 Å². The van der Waals surface area contributed by atoms with Gasteiger partial charge in [0, 0.05) is 24.2 Å². The Morgan fingerprint density at radius 2 is 1.67 bits per heavy atom. The minimum absolute atomic E-state index is 0.287. The number of amides is 2. The monoisotopic (exact) mass is 477 g/mol. The third-order valence-corrected chi connectivity index (χ3v) is 5.62. The molecule has 2 amide bonds. The van der Waals surface area contributed by atoms with Gasteiger partial charge in [0.2, 0.25) is 0 Å². The lowest BCUT2D eigenvalue weighted by atomic mass is 10.1. The van der Waals surface area contributed by atoms with Crippen molar-refractivity contribution in [1.29, 1.82) is 0 Å². The highest BCUT2D eigenvalue weighted by Gasteiger charge is 2.21. The number of para-hydroxylation sites is 1. The van der Waals surface area contributed by atoms with E-state index in [1.807, 2.05) is 78.9 Å². The first-order valence-electron chi connectivity index (χ1n) is 11.4. The first kappa shape index (κ1) is 22.8. The Balaban J connectivity index is 1.30. The summed E-state index contributed by atoms with van der Waals surface area (Å²) in [6.07, 6.45) is 4.06. The number of nitrogens with zero attached hydrogens (tertiary/aromatic N) is 3. The largest absolute Gasteiger partial charge is 0.481 e. The smallest absolute Gasteiger partial charge is 0.279 e.